The van der Waals surface area contributed by atoms with Gasteiger partial charge in [0.1, 0.15) is 0 Å². The maximum Gasteiger partial charge on any atom is 0.229 e. The molecule has 1 fully saturated rings. The molecule has 154 valence electrons. The Morgan fingerprint density at radius 1 is 0.889 bits per heavy atom. The van der Waals surface area contributed by atoms with Crippen LogP contribution in [0.4, 0.5) is 17.8 Å². The molecular formula is C20H39N7. The van der Waals surface area contributed by atoms with Crippen molar-refractivity contribution < 1.29 is 0 Å². The summed E-state index contributed by atoms with van der Waals surface area (Å²) < 4.78 is 0. The van der Waals surface area contributed by atoms with Crippen molar-refractivity contribution in [2.45, 2.75) is 91.3 Å². The second-order valence-electron chi connectivity index (χ2n) is 8.97. The van der Waals surface area contributed by atoms with Crippen LogP contribution in [0.2, 0.25) is 0 Å². The molecule has 27 heavy (non-hydrogen) atoms. The molecule has 0 radical (unpaired) electrons. The molecule has 2 heterocycles. The van der Waals surface area contributed by atoms with E-state index in [1.54, 1.807) is 0 Å². The fraction of sp³-hybridized carbons (Fsp3) is 0.850. The van der Waals surface area contributed by atoms with Crippen LogP contribution in [0.5, 0.6) is 0 Å². The molecule has 0 saturated carbocycles. The fourth-order valence-corrected chi connectivity index (χ4v) is 4.50. The molecule has 0 aromatic carbocycles. The summed E-state index contributed by atoms with van der Waals surface area (Å²) in [5.41, 5.74) is 0.256. The topological polar surface area (TPSA) is 86.8 Å². The van der Waals surface area contributed by atoms with Crippen LogP contribution >= 0.6 is 0 Å². The molecule has 0 aliphatic carbocycles. The first-order valence-electron chi connectivity index (χ1n) is 10.5. The Morgan fingerprint density at radius 2 is 1.37 bits per heavy atom. The number of nitrogens with one attached hydrogen (secondary N) is 4. The van der Waals surface area contributed by atoms with Gasteiger partial charge in [-0.3, -0.25) is 0 Å². The van der Waals surface area contributed by atoms with Crippen LogP contribution in [0, 0.1) is 5.92 Å². The van der Waals surface area contributed by atoms with Gasteiger partial charge in [-0.1, -0.05) is 13.3 Å². The highest BCUT2D eigenvalue weighted by Crippen LogP contribution is 2.36. The standard InChI is InChI=1S/C20H39N7/c1-8-11-15(14-12-19(4,5)27-20(6,7)13-14)23-18-25-16(21-9-2)24-17(26-18)22-10-3/h14-15,27H,8-13H2,1-7H3,(H3,21,22,23,24,25,26). The second-order valence-corrected chi connectivity index (χ2v) is 8.97. The summed E-state index contributed by atoms with van der Waals surface area (Å²) in [6.07, 6.45) is 4.52. The molecule has 1 aliphatic heterocycles. The number of hydrogen-bond donors (Lipinski definition) is 4. The first-order valence-corrected chi connectivity index (χ1v) is 10.5. The molecule has 0 amide bonds. The predicted molar refractivity (Wildman–Crippen MR) is 114 cm³/mol. The van der Waals surface area contributed by atoms with E-state index in [1.807, 2.05) is 13.8 Å². The Kier molecular flexibility index (Phi) is 7.25. The highest BCUT2D eigenvalue weighted by molar-refractivity contribution is 5.42. The van der Waals surface area contributed by atoms with Gasteiger partial charge in [-0.2, -0.15) is 15.0 Å². The quantitative estimate of drug-likeness (QED) is 0.519. The van der Waals surface area contributed by atoms with Gasteiger partial charge in [-0.05, 0) is 66.7 Å². The van der Waals surface area contributed by atoms with Crippen LogP contribution in [-0.2, 0) is 0 Å². The average molecular weight is 378 g/mol. The SMILES string of the molecule is CCCC(Nc1nc(NCC)nc(NCC)n1)C1CC(C)(C)NC(C)(C)C1. The molecule has 2 rings (SSSR count). The molecular weight excluding hydrogens is 338 g/mol. The first-order chi connectivity index (χ1) is 12.7. The first kappa shape index (κ1) is 21.7. The lowest BCUT2D eigenvalue weighted by Gasteiger charge is -2.48. The maximum absolute atomic E-state index is 4.59. The zero-order chi connectivity index (χ0) is 20.1. The van der Waals surface area contributed by atoms with E-state index >= 15 is 0 Å². The van der Waals surface area contributed by atoms with Crippen LogP contribution in [0.15, 0.2) is 0 Å². The summed E-state index contributed by atoms with van der Waals surface area (Å²) >= 11 is 0. The number of aromatic nitrogens is 3. The predicted octanol–water partition coefficient (Wildman–Crippen LogP) is 3.87. The minimum Gasteiger partial charge on any atom is -0.354 e. The number of hydrogen-bond acceptors (Lipinski definition) is 7. The van der Waals surface area contributed by atoms with E-state index in [4.69, 9.17) is 0 Å². The van der Waals surface area contributed by atoms with E-state index in [0.717, 1.165) is 38.8 Å². The van der Waals surface area contributed by atoms with Gasteiger partial charge in [0.2, 0.25) is 17.8 Å². The lowest BCUT2D eigenvalue weighted by Crippen LogP contribution is -2.59. The highest BCUT2D eigenvalue weighted by atomic mass is 15.3. The Labute approximate surface area is 164 Å². The van der Waals surface area contributed by atoms with Gasteiger partial charge in [0.05, 0.1) is 0 Å². The minimum absolute atomic E-state index is 0.128. The van der Waals surface area contributed by atoms with Crippen molar-refractivity contribution in [3.8, 4) is 0 Å². The van der Waals surface area contributed by atoms with Crippen LogP contribution in [-0.4, -0.2) is 45.2 Å². The number of anilines is 3. The second kappa shape index (κ2) is 9.04. The number of piperidine rings is 1. The molecule has 1 unspecified atom stereocenters. The molecule has 1 aliphatic rings. The molecule has 4 N–H and O–H groups in total. The van der Waals surface area contributed by atoms with Crippen molar-refractivity contribution >= 4 is 17.8 Å². The van der Waals surface area contributed by atoms with E-state index < -0.39 is 0 Å². The molecule has 1 atom stereocenters. The van der Waals surface area contributed by atoms with E-state index in [1.165, 1.54) is 0 Å². The van der Waals surface area contributed by atoms with Gasteiger partial charge in [-0.25, -0.2) is 0 Å². The zero-order valence-electron chi connectivity index (χ0n) is 18.2. The Hall–Kier alpha value is -1.63. The molecule has 7 heteroatoms. The van der Waals surface area contributed by atoms with E-state index in [2.05, 4.69) is 70.8 Å². The van der Waals surface area contributed by atoms with Crippen molar-refractivity contribution in [3.63, 3.8) is 0 Å². The maximum atomic E-state index is 4.59. The number of rotatable bonds is 9. The van der Waals surface area contributed by atoms with Crippen LogP contribution < -0.4 is 21.3 Å². The molecule has 1 aromatic heterocycles. The molecule has 0 spiro atoms. The molecule has 7 nitrogen and oxygen atoms in total. The van der Waals surface area contributed by atoms with E-state index in [-0.39, 0.29) is 11.1 Å². The Bertz CT molecular complexity index is 560. The summed E-state index contributed by atoms with van der Waals surface area (Å²) in [7, 11) is 0. The summed E-state index contributed by atoms with van der Waals surface area (Å²) in [6, 6.07) is 0.349. The smallest absolute Gasteiger partial charge is 0.229 e. The Balaban J connectivity index is 2.24. The van der Waals surface area contributed by atoms with Gasteiger partial charge in [-0.15, -0.1) is 0 Å². The van der Waals surface area contributed by atoms with E-state index in [0.29, 0.717) is 29.8 Å². The zero-order valence-corrected chi connectivity index (χ0v) is 18.2. The summed E-state index contributed by atoms with van der Waals surface area (Å²) in [5, 5.41) is 13.8. The largest absolute Gasteiger partial charge is 0.354 e. The number of nitrogens with zero attached hydrogens (tertiary/aromatic N) is 3. The monoisotopic (exact) mass is 377 g/mol. The third-order valence-electron chi connectivity index (χ3n) is 5.01. The fourth-order valence-electron chi connectivity index (χ4n) is 4.50. The summed E-state index contributed by atoms with van der Waals surface area (Å²) in [6.45, 7) is 17.1. The lowest BCUT2D eigenvalue weighted by atomic mass is 9.72. The van der Waals surface area contributed by atoms with Crippen molar-refractivity contribution in [2.75, 3.05) is 29.0 Å². The van der Waals surface area contributed by atoms with Gasteiger partial charge in [0, 0.05) is 30.2 Å². The van der Waals surface area contributed by atoms with Gasteiger partial charge in [0.15, 0.2) is 0 Å². The summed E-state index contributed by atoms with van der Waals surface area (Å²) in [4.78, 5) is 13.6. The van der Waals surface area contributed by atoms with Crippen LogP contribution in [0.1, 0.15) is 74.1 Å². The lowest BCUT2D eigenvalue weighted by molar-refractivity contribution is 0.115. The third kappa shape index (κ3) is 6.48. The Morgan fingerprint density at radius 3 is 1.81 bits per heavy atom. The van der Waals surface area contributed by atoms with Gasteiger partial charge < -0.3 is 21.3 Å². The van der Waals surface area contributed by atoms with E-state index in [9.17, 15) is 0 Å². The highest BCUT2D eigenvalue weighted by Gasteiger charge is 2.40. The van der Waals surface area contributed by atoms with Crippen LogP contribution in [0.3, 0.4) is 0 Å². The molecule has 0 bridgehead atoms. The molecule has 1 aromatic rings. The minimum atomic E-state index is 0.128. The summed E-state index contributed by atoms with van der Waals surface area (Å²) in [5.74, 6) is 2.46. The van der Waals surface area contributed by atoms with Crippen molar-refractivity contribution in [1.29, 1.82) is 0 Å². The van der Waals surface area contributed by atoms with Crippen molar-refractivity contribution in [1.82, 2.24) is 20.3 Å². The van der Waals surface area contributed by atoms with Crippen molar-refractivity contribution in [3.05, 3.63) is 0 Å². The third-order valence-corrected chi connectivity index (χ3v) is 5.01. The normalized spacial score (nSPS) is 20.1. The van der Waals surface area contributed by atoms with Crippen molar-refractivity contribution in [2.24, 2.45) is 5.92 Å². The van der Waals surface area contributed by atoms with Gasteiger partial charge in [0.25, 0.3) is 0 Å². The average Bonchev–Trinajstić information content (AvgIpc) is 2.52. The molecule has 1 saturated heterocycles. The van der Waals surface area contributed by atoms with Crippen LogP contribution in [0.25, 0.3) is 0 Å². The van der Waals surface area contributed by atoms with Gasteiger partial charge >= 0.3 is 0 Å².